The lowest BCUT2D eigenvalue weighted by Gasteiger charge is -2.33. The summed E-state index contributed by atoms with van der Waals surface area (Å²) in [7, 11) is 1.59. The van der Waals surface area contributed by atoms with Crippen molar-refractivity contribution in [3.05, 3.63) is 34.3 Å². The Balaban J connectivity index is 1.38. The van der Waals surface area contributed by atoms with Crippen molar-refractivity contribution in [2.45, 2.75) is 45.1 Å². The number of methoxy groups -OCH3 is 1. The Morgan fingerprint density at radius 2 is 2.03 bits per heavy atom. The van der Waals surface area contributed by atoms with E-state index in [2.05, 4.69) is 32.7 Å². The van der Waals surface area contributed by atoms with E-state index in [1.165, 1.54) is 30.6 Å². The molecule has 2 aromatic rings. The molecule has 1 atom stereocenters. The van der Waals surface area contributed by atoms with Crippen LogP contribution in [-0.2, 0) is 11.2 Å². The van der Waals surface area contributed by atoms with Crippen molar-refractivity contribution < 1.29 is 14.3 Å². The minimum Gasteiger partial charge on any atom is -0.497 e. The van der Waals surface area contributed by atoms with E-state index in [-0.39, 0.29) is 16.8 Å². The molecule has 1 aromatic carbocycles. The van der Waals surface area contributed by atoms with Gasteiger partial charge in [0.1, 0.15) is 10.8 Å². The first kappa shape index (κ1) is 22.2. The average molecular weight is 432 g/mol. The highest BCUT2D eigenvalue weighted by Gasteiger charge is 2.18. The first-order chi connectivity index (χ1) is 14.5. The van der Waals surface area contributed by atoms with Gasteiger partial charge in [-0.25, -0.2) is 0 Å². The number of hydrogen-bond donors (Lipinski definition) is 2. The van der Waals surface area contributed by atoms with Crippen molar-refractivity contribution >= 4 is 28.8 Å². The molecule has 0 bridgehead atoms. The standard InChI is InChI=1S/C21H29N5O3S/c1-15-5-3-4-13-26(15)14-12-22-18(27)10-11-19-24-25-21(30-19)20(28)23-16-6-8-17(29-2)9-7-16/h6-9,15H,3-5,10-14H2,1-2H3,(H,22,27)(H,23,28)/t15-/m0/s1. The number of hydrogen-bond acceptors (Lipinski definition) is 7. The summed E-state index contributed by atoms with van der Waals surface area (Å²) < 4.78 is 5.10. The normalized spacial score (nSPS) is 16.8. The number of nitrogens with zero attached hydrogens (tertiary/aromatic N) is 3. The summed E-state index contributed by atoms with van der Waals surface area (Å²) in [4.78, 5) is 26.9. The van der Waals surface area contributed by atoms with E-state index < -0.39 is 0 Å². The number of anilines is 1. The molecular formula is C21H29N5O3S. The van der Waals surface area contributed by atoms with Gasteiger partial charge in [-0.15, -0.1) is 10.2 Å². The monoisotopic (exact) mass is 431 g/mol. The van der Waals surface area contributed by atoms with Gasteiger partial charge < -0.3 is 15.4 Å². The van der Waals surface area contributed by atoms with Gasteiger partial charge in [-0.1, -0.05) is 17.8 Å². The van der Waals surface area contributed by atoms with Crippen LogP contribution in [-0.4, -0.2) is 59.7 Å². The van der Waals surface area contributed by atoms with Gasteiger partial charge in [-0.3, -0.25) is 14.5 Å². The molecular weight excluding hydrogens is 402 g/mol. The smallest absolute Gasteiger partial charge is 0.286 e. The van der Waals surface area contributed by atoms with Crippen LogP contribution in [0.4, 0.5) is 5.69 Å². The second kappa shape index (κ2) is 11.0. The second-order valence-corrected chi connectivity index (χ2v) is 8.48. The fraction of sp³-hybridized carbons (Fsp3) is 0.524. The molecule has 1 saturated heterocycles. The van der Waals surface area contributed by atoms with Crippen LogP contribution in [0.1, 0.15) is 47.4 Å². The molecule has 0 saturated carbocycles. The van der Waals surface area contributed by atoms with E-state index >= 15 is 0 Å². The zero-order chi connectivity index (χ0) is 21.3. The number of aromatic nitrogens is 2. The highest BCUT2D eigenvalue weighted by atomic mass is 32.1. The van der Waals surface area contributed by atoms with Crippen LogP contribution < -0.4 is 15.4 Å². The van der Waals surface area contributed by atoms with Crippen molar-refractivity contribution in [2.24, 2.45) is 0 Å². The largest absolute Gasteiger partial charge is 0.497 e. The van der Waals surface area contributed by atoms with Crippen molar-refractivity contribution in [2.75, 3.05) is 32.1 Å². The van der Waals surface area contributed by atoms with E-state index in [0.29, 0.717) is 36.1 Å². The number of ether oxygens (including phenoxy) is 1. The lowest BCUT2D eigenvalue weighted by Crippen LogP contribution is -2.42. The molecule has 162 valence electrons. The molecule has 2 amide bonds. The number of piperidine rings is 1. The average Bonchev–Trinajstić information content (AvgIpc) is 3.23. The number of nitrogens with one attached hydrogen (secondary N) is 2. The fourth-order valence-corrected chi connectivity index (χ4v) is 4.18. The Morgan fingerprint density at radius 3 is 2.77 bits per heavy atom. The maximum atomic E-state index is 12.3. The minimum absolute atomic E-state index is 0.000836. The zero-order valence-corrected chi connectivity index (χ0v) is 18.3. The Labute approximate surface area is 181 Å². The number of amides is 2. The van der Waals surface area contributed by atoms with Gasteiger partial charge in [0.25, 0.3) is 5.91 Å². The molecule has 1 aliphatic heterocycles. The lowest BCUT2D eigenvalue weighted by atomic mass is 10.0. The van der Waals surface area contributed by atoms with Gasteiger partial charge in [0.05, 0.1) is 7.11 Å². The van der Waals surface area contributed by atoms with Gasteiger partial charge in [-0.05, 0) is 50.6 Å². The molecule has 0 spiro atoms. The van der Waals surface area contributed by atoms with E-state index in [9.17, 15) is 9.59 Å². The lowest BCUT2D eigenvalue weighted by molar-refractivity contribution is -0.121. The predicted molar refractivity (Wildman–Crippen MR) is 117 cm³/mol. The van der Waals surface area contributed by atoms with Gasteiger partial charge in [0, 0.05) is 37.7 Å². The topological polar surface area (TPSA) is 96.5 Å². The summed E-state index contributed by atoms with van der Waals surface area (Å²) in [6, 6.07) is 7.65. The Kier molecular flexibility index (Phi) is 8.15. The third kappa shape index (κ3) is 6.50. The van der Waals surface area contributed by atoms with Gasteiger partial charge in [-0.2, -0.15) is 0 Å². The summed E-state index contributed by atoms with van der Waals surface area (Å²) in [6.07, 6.45) is 4.58. The van der Waals surface area contributed by atoms with Crippen molar-refractivity contribution in [1.82, 2.24) is 20.4 Å². The minimum atomic E-state index is -0.316. The number of carbonyl (C=O) groups is 2. The summed E-state index contributed by atoms with van der Waals surface area (Å²) in [5.41, 5.74) is 0.653. The summed E-state index contributed by atoms with van der Waals surface area (Å²) in [5, 5.41) is 14.7. The predicted octanol–water partition coefficient (Wildman–Crippen LogP) is 2.72. The fourth-order valence-electron chi connectivity index (χ4n) is 3.44. The van der Waals surface area contributed by atoms with Crippen molar-refractivity contribution in [3.63, 3.8) is 0 Å². The van der Waals surface area contributed by atoms with E-state index in [1.54, 1.807) is 31.4 Å². The van der Waals surface area contributed by atoms with Crippen molar-refractivity contribution in [3.8, 4) is 5.75 Å². The molecule has 0 unspecified atom stereocenters. The SMILES string of the molecule is COc1ccc(NC(=O)c2nnc(CCC(=O)NCCN3CCCC[C@@H]3C)s2)cc1. The molecule has 1 aliphatic rings. The Morgan fingerprint density at radius 1 is 1.23 bits per heavy atom. The van der Waals surface area contributed by atoms with Crippen molar-refractivity contribution in [1.29, 1.82) is 0 Å². The van der Waals surface area contributed by atoms with Gasteiger partial charge in [0.15, 0.2) is 0 Å². The van der Waals surface area contributed by atoms with Gasteiger partial charge >= 0.3 is 0 Å². The number of aryl methyl sites for hydroxylation is 1. The van der Waals surface area contributed by atoms with Crippen LogP contribution in [0.2, 0.25) is 0 Å². The second-order valence-electron chi connectivity index (χ2n) is 7.41. The molecule has 2 N–H and O–H groups in total. The molecule has 0 aliphatic carbocycles. The van der Waals surface area contributed by atoms with Gasteiger partial charge in [0.2, 0.25) is 10.9 Å². The van der Waals surface area contributed by atoms with E-state index in [4.69, 9.17) is 4.74 Å². The first-order valence-electron chi connectivity index (χ1n) is 10.3. The Hall–Kier alpha value is -2.52. The summed E-state index contributed by atoms with van der Waals surface area (Å²) in [5.74, 6) is 0.401. The maximum absolute atomic E-state index is 12.3. The molecule has 30 heavy (non-hydrogen) atoms. The molecule has 8 nitrogen and oxygen atoms in total. The summed E-state index contributed by atoms with van der Waals surface area (Å²) >= 11 is 1.21. The third-order valence-electron chi connectivity index (χ3n) is 5.24. The molecule has 1 fully saturated rings. The van der Waals surface area contributed by atoms with Crippen LogP contribution >= 0.6 is 11.3 Å². The first-order valence-corrected chi connectivity index (χ1v) is 11.2. The highest BCUT2D eigenvalue weighted by molar-refractivity contribution is 7.13. The van der Waals surface area contributed by atoms with E-state index in [1.807, 2.05) is 0 Å². The number of benzene rings is 1. The van der Waals surface area contributed by atoms with E-state index in [0.717, 1.165) is 18.8 Å². The number of rotatable bonds is 9. The van der Waals surface area contributed by atoms with Crippen LogP contribution in [0.25, 0.3) is 0 Å². The van der Waals surface area contributed by atoms with Crippen LogP contribution in [0.5, 0.6) is 5.75 Å². The summed E-state index contributed by atoms with van der Waals surface area (Å²) in [6.45, 7) is 4.91. The molecule has 1 aromatic heterocycles. The van der Waals surface area contributed by atoms with Crippen LogP contribution in [0.3, 0.4) is 0 Å². The van der Waals surface area contributed by atoms with Crippen LogP contribution in [0, 0.1) is 0 Å². The highest BCUT2D eigenvalue weighted by Crippen LogP contribution is 2.18. The quantitative estimate of drug-likeness (QED) is 0.634. The maximum Gasteiger partial charge on any atom is 0.286 e. The van der Waals surface area contributed by atoms with Crippen LogP contribution in [0.15, 0.2) is 24.3 Å². The molecule has 3 rings (SSSR count). The number of likely N-dealkylation sites (tertiary alicyclic amines) is 1. The molecule has 0 radical (unpaired) electrons. The Bertz CT molecular complexity index is 839. The third-order valence-corrected chi connectivity index (χ3v) is 6.22. The molecule has 9 heteroatoms. The number of carbonyl (C=O) groups excluding carboxylic acids is 2. The zero-order valence-electron chi connectivity index (χ0n) is 17.5. The molecule has 2 heterocycles.